The highest BCUT2D eigenvalue weighted by molar-refractivity contribution is 7.12. The summed E-state index contributed by atoms with van der Waals surface area (Å²) >= 11 is 1.29. The molecule has 2 aromatic carbocycles. The average Bonchev–Trinajstić information content (AvgIpc) is 3.10. The van der Waals surface area contributed by atoms with Gasteiger partial charge >= 0.3 is 0 Å². The lowest BCUT2D eigenvalue weighted by Gasteiger charge is -2.20. The van der Waals surface area contributed by atoms with Gasteiger partial charge in [0.25, 0.3) is 5.91 Å². The molecule has 3 aromatic rings. The molecule has 1 aromatic heterocycles. The zero-order valence-corrected chi connectivity index (χ0v) is 15.9. The van der Waals surface area contributed by atoms with Crippen molar-refractivity contribution in [2.45, 2.75) is 13.0 Å². The maximum Gasteiger partial charge on any atom is 0.262 e. The summed E-state index contributed by atoms with van der Waals surface area (Å²) < 4.78 is 27.3. The lowest BCUT2D eigenvalue weighted by Crippen LogP contribution is -2.39. The number of aryl methyl sites for hydroxylation is 1. The smallest absolute Gasteiger partial charge is 0.262 e. The highest BCUT2D eigenvalue weighted by Gasteiger charge is 2.19. The molecule has 0 bridgehead atoms. The first-order valence-electron chi connectivity index (χ1n) is 8.56. The molecule has 1 heterocycles. The monoisotopic (exact) mass is 400 g/mol. The van der Waals surface area contributed by atoms with E-state index < -0.39 is 23.6 Å². The Morgan fingerprint density at radius 2 is 1.61 bits per heavy atom. The number of carbonyl (C=O) groups excluding carboxylic acids is 2. The zero-order chi connectivity index (χ0) is 20.1. The Bertz CT molecular complexity index is 958. The second kappa shape index (κ2) is 8.75. The van der Waals surface area contributed by atoms with E-state index in [0.29, 0.717) is 16.0 Å². The van der Waals surface area contributed by atoms with Gasteiger partial charge in [0.15, 0.2) is 0 Å². The van der Waals surface area contributed by atoms with E-state index in [2.05, 4.69) is 10.6 Å². The second-order valence-corrected chi connectivity index (χ2v) is 7.14. The van der Waals surface area contributed by atoms with E-state index in [1.165, 1.54) is 47.7 Å². The standard InChI is InChI=1S/C21H18F2N2O2S/c1-13-8-9-28-20(13)21(27)24-12-18(26)25-19(14-4-2-6-16(22)10-14)15-5-3-7-17(23)11-15/h2-11,19H,12H2,1H3,(H,24,27)(H,25,26). The van der Waals surface area contributed by atoms with Crippen molar-refractivity contribution in [3.8, 4) is 0 Å². The molecule has 0 saturated heterocycles. The third-order valence-electron chi connectivity index (χ3n) is 4.15. The van der Waals surface area contributed by atoms with Crippen molar-refractivity contribution in [3.63, 3.8) is 0 Å². The molecule has 2 N–H and O–H groups in total. The van der Waals surface area contributed by atoms with Crippen LogP contribution in [0.3, 0.4) is 0 Å². The number of halogens is 2. The Balaban J connectivity index is 1.75. The predicted molar refractivity (Wildman–Crippen MR) is 104 cm³/mol. The van der Waals surface area contributed by atoms with Crippen LogP contribution in [0, 0.1) is 18.6 Å². The molecule has 0 aliphatic rings. The number of thiophene rings is 1. The number of amides is 2. The molecule has 0 spiro atoms. The lowest BCUT2D eigenvalue weighted by molar-refractivity contribution is -0.120. The average molecular weight is 400 g/mol. The first-order valence-corrected chi connectivity index (χ1v) is 9.44. The molecule has 0 aliphatic heterocycles. The van der Waals surface area contributed by atoms with Crippen LogP contribution in [0.4, 0.5) is 8.78 Å². The summed E-state index contributed by atoms with van der Waals surface area (Å²) in [5.74, 6) is -1.74. The fourth-order valence-corrected chi connectivity index (χ4v) is 3.63. The van der Waals surface area contributed by atoms with Crippen LogP contribution in [0.25, 0.3) is 0 Å². The van der Waals surface area contributed by atoms with E-state index in [4.69, 9.17) is 0 Å². The molecule has 3 rings (SSSR count). The number of hydrogen-bond donors (Lipinski definition) is 2. The molecule has 0 saturated carbocycles. The van der Waals surface area contributed by atoms with Gasteiger partial charge in [-0.2, -0.15) is 0 Å². The normalized spacial score (nSPS) is 10.7. The molecular formula is C21H18F2N2O2S. The number of hydrogen-bond acceptors (Lipinski definition) is 3. The lowest BCUT2D eigenvalue weighted by atomic mass is 9.98. The van der Waals surface area contributed by atoms with Crippen LogP contribution < -0.4 is 10.6 Å². The SMILES string of the molecule is Cc1ccsc1C(=O)NCC(=O)NC(c1cccc(F)c1)c1cccc(F)c1. The first-order chi connectivity index (χ1) is 13.4. The number of carbonyl (C=O) groups is 2. The molecule has 0 unspecified atom stereocenters. The van der Waals surface area contributed by atoms with Crippen molar-refractivity contribution in [3.05, 3.63) is 93.2 Å². The maximum atomic E-state index is 13.7. The second-order valence-electron chi connectivity index (χ2n) is 6.23. The van der Waals surface area contributed by atoms with E-state index in [1.54, 1.807) is 17.5 Å². The van der Waals surface area contributed by atoms with Crippen molar-refractivity contribution in [1.29, 1.82) is 0 Å². The highest BCUT2D eigenvalue weighted by atomic mass is 32.1. The maximum absolute atomic E-state index is 13.7. The summed E-state index contributed by atoms with van der Waals surface area (Å²) in [5.41, 5.74) is 1.78. The minimum atomic E-state index is -0.751. The molecule has 7 heteroatoms. The van der Waals surface area contributed by atoms with Crippen molar-refractivity contribution < 1.29 is 18.4 Å². The van der Waals surface area contributed by atoms with Gasteiger partial charge in [0.05, 0.1) is 17.5 Å². The first kappa shape index (κ1) is 19.7. The summed E-state index contributed by atoms with van der Waals surface area (Å²) in [6.45, 7) is 1.56. The van der Waals surface area contributed by atoms with Crippen LogP contribution in [-0.2, 0) is 4.79 Å². The van der Waals surface area contributed by atoms with Crippen LogP contribution in [-0.4, -0.2) is 18.4 Å². The van der Waals surface area contributed by atoms with E-state index >= 15 is 0 Å². The quantitative estimate of drug-likeness (QED) is 0.658. The van der Waals surface area contributed by atoms with Gasteiger partial charge in [-0.15, -0.1) is 11.3 Å². The van der Waals surface area contributed by atoms with E-state index in [0.717, 1.165) is 5.56 Å². The van der Waals surface area contributed by atoms with Gasteiger partial charge in [-0.05, 0) is 59.3 Å². The Morgan fingerprint density at radius 1 is 1.00 bits per heavy atom. The van der Waals surface area contributed by atoms with Crippen LogP contribution in [0.15, 0.2) is 60.0 Å². The van der Waals surface area contributed by atoms with Gasteiger partial charge < -0.3 is 10.6 Å². The minimum absolute atomic E-state index is 0.253. The summed E-state index contributed by atoms with van der Waals surface area (Å²) in [4.78, 5) is 25.1. The van der Waals surface area contributed by atoms with Crippen molar-refractivity contribution in [2.75, 3.05) is 6.54 Å². The molecule has 2 amide bonds. The zero-order valence-electron chi connectivity index (χ0n) is 15.0. The molecule has 0 aliphatic carbocycles. The molecule has 144 valence electrons. The van der Waals surface area contributed by atoms with Crippen LogP contribution in [0.2, 0.25) is 0 Å². The fraction of sp³-hybridized carbons (Fsp3) is 0.143. The number of rotatable bonds is 6. The predicted octanol–water partition coefficient (Wildman–Crippen LogP) is 3.97. The molecule has 0 radical (unpaired) electrons. The van der Waals surface area contributed by atoms with Gasteiger partial charge in [0.1, 0.15) is 11.6 Å². The number of nitrogens with one attached hydrogen (secondary N) is 2. The van der Waals surface area contributed by atoms with Crippen molar-refractivity contribution in [1.82, 2.24) is 10.6 Å². The highest BCUT2D eigenvalue weighted by Crippen LogP contribution is 2.23. The Morgan fingerprint density at radius 3 is 2.11 bits per heavy atom. The summed E-state index contributed by atoms with van der Waals surface area (Å²) in [7, 11) is 0. The number of benzene rings is 2. The Labute approximate surface area is 165 Å². The third kappa shape index (κ3) is 4.80. The van der Waals surface area contributed by atoms with E-state index in [9.17, 15) is 18.4 Å². The van der Waals surface area contributed by atoms with Crippen LogP contribution in [0.5, 0.6) is 0 Å². The minimum Gasteiger partial charge on any atom is -0.344 e. The Hall–Kier alpha value is -3.06. The van der Waals surface area contributed by atoms with E-state index in [1.807, 2.05) is 13.0 Å². The van der Waals surface area contributed by atoms with Gasteiger partial charge in [0.2, 0.25) is 5.91 Å². The molecule has 28 heavy (non-hydrogen) atoms. The Kier molecular flexibility index (Phi) is 6.16. The van der Waals surface area contributed by atoms with Gasteiger partial charge in [-0.25, -0.2) is 8.78 Å². The van der Waals surface area contributed by atoms with Gasteiger partial charge in [-0.1, -0.05) is 24.3 Å². The summed E-state index contributed by atoms with van der Waals surface area (Å²) in [6.07, 6.45) is 0. The van der Waals surface area contributed by atoms with Crippen molar-refractivity contribution in [2.24, 2.45) is 0 Å². The van der Waals surface area contributed by atoms with Crippen molar-refractivity contribution >= 4 is 23.2 Å². The molecule has 0 atom stereocenters. The van der Waals surface area contributed by atoms with Crippen LogP contribution >= 0.6 is 11.3 Å². The summed E-state index contributed by atoms with van der Waals surface area (Å²) in [5, 5.41) is 7.10. The van der Waals surface area contributed by atoms with Gasteiger partial charge in [0, 0.05) is 0 Å². The molecular weight excluding hydrogens is 382 g/mol. The third-order valence-corrected chi connectivity index (χ3v) is 5.16. The molecule has 0 fully saturated rings. The van der Waals surface area contributed by atoms with E-state index in [-0.39, 0.29) is 12.5 Å². The summed E-state index contributed by atoms with van der Waals surface area (Å²) in [6, 6.07) is 12.5. The molecule has 4 nitrogen and oxygen atoms in total. The van der Waals surface area contributed by atoms with Gasteiger partial charge in [-0.3, -0.25) is 9.59 Å². The fourth-order valence-electron chi connectivity index (χ4n) is 2.79. The topological polar surface area (TPSA) is 58.2 Å². The largest absolute Gasteiger partial charge is 0.344 e. The van der Waals surface area contributed by atoms with Crippen LogP contribution in [0.1, 0.15) is 32.4 Å².